The maximum absolute atomic E-state index is 12.6. The predicted octanol–water partition coefficient (Wildman–Crippen LogP) is 3.17. The standard InChI is InChI=1S/C19H18F3NO4S/c1-27-18(25)16(11-12-28(26)15-5-3-2-4-6-15)23-17(24)13-7-9-14(10-8-13)19(20,21)22/h2-10,16H,11-12H2,1H3,(H,23,24)/t16-,28-/m0/s1. The van der Waals surface area contributed by atoms with Gasteiger partial charge in [-0.3, -0.25) is 9.00 Å². The molecule has 9 heteroatoms. The van der Waals surface area contributed by atoms with Crippen molar-refractivity contribution in [1.82, 2.24) is 5.32 Å². The number of alkyl halides is 3. The lowest BCUT2D eigenvalue weighted by atomic mass is 10.1. The highest BCUT2D eigenvalue weighted by atomic mass is 32.2. The van der Waals surface area contributed by atoms with E-state index in [-0.39, 0.29) is 17.7 Å². The second-order valence-corrected chi connectivity index (χ2v) is 7.35. The van der Waals surface area contributed by atoms with Crippen LogP contribution in [-0.4, -0.2) is 35.0 Å². The largest absolute Gasteiger partial charge is 0.467 e. The molecule has 2 aromatic rings. The van der Waals surface area contributed by atoms with Crippen molar-refractivity contribution in [2.45, 2.75) is 23.5 Å². The third kappa shape index (κ3) is 5.91. The molecule has 0 saturated carbocycles. The first-order valence-electron chi connectivity index (χ1n) is 8.21. The smallest absolute Gasteiger partial charge is 0.416 e. The van der Waals surface area contributed by atoms with Crippen molar-refractivity contribution < 1.29 is 31.7 Å². The quantitative estimate of drug-likeness (QED) is 0.708. The summed E-state index contributed by atoms with van der Waals surface area (Å²) >= 11 is 0. The molecule has 2 atom stereocenters. The highest BCUT2D eigenvalue weighted by molar-refractivity contribution is 7.85. The topological polar surface area (TPSA) is 72.5 Å². The summed E-state index contributed by atoms with van der Waals surface area (Å²) in [6.07, 6.45) is -4.47. The minimum absolute atomic E-state index is 0.0360. The number of rotatable bonds is 7. The molecule has 0 heterocycles. The third-order valence-corrected chi connectivity index (χ3v) is 5.27. The Morgan fingerprint density at radius 2 is 1.68 bits per heavy atom. The summed E-state index contributed by atoms with van der Waals surface area (Å²) in [4.78, 5) is 24.8. The Labute approximate surface area is 162 Å². The number of halogens is 3. The van der Waals surface area contributed by atoms with E-state index < -0.39 is 40.5 Å². The van der Waals surface area contributed by atoms with Crippen LogP contribution in [0, 0.1) is 0 Å². The fourth-order valence-corrected chi connectivity index (χ4v) is 3.50. The van der Waals surface area contributed by atoms with Crippen LogP contribution in [0.5, 0.6) is 0 Å². The minimum Gasteiger partial charge on any atom is -0.467 e. The maximum atomic E-state index is 12.6. The van der Waals surface area contributed by atoms with E-state index in [0.717, 1.165) is 31.4 Å². The summed E-state index contributed by atoms with van der Waals surface area (Å²) in [6, 6.07) is 11.2. The van der Waals surface area contributed by atoms with E-state index >= 15 is 0 Å². The number of ether oxygens (including phenoxy) is 1. The van der Waals surface area contributed by atoms with Crippen molar-refractivity contribution in [2.75, 3.05) is 12.9 Å². The van der Waals surface area contributed by atoms with Gasteiger partial charge in [-0.2, -0.15) is 13.2 Å². The van der Waals surface area contributed by atoms with E-state index in [4.69, 9.17) is 0 Å². The molecule has 0 saturated heterocycles. The average Bonchev–Trinajstić information content (AvgIpc) is 2.70. The highest BCUT2D eigenvalue weighted by Crippen LogP contribution is 2.29. The molecule has 150 valence electrons. The summed E-state index contributed by atoms with van der Waals surface area (Å²) in [5.41, 5.74) is -0.919. The molecule has 2 rings (SSSR count). The third-order valence-electron chi connectivity index (χ3n) is 3.86. The van der Waals surface area contributed by atoms with Crippen LogP contribution in [0.25, 0.3) is 0 Å². The SMILES string of the molecule is COC(=O)[C@H](CC[S@](=O)c1ccccc1)NC(=O)c1ccc(C(F)(F)F)cc1. The second-order valence-electron chi connectivity index (χ2n) is 5.78. The number of esters is 1. The number of methoxy groups -OCH3 is 1. The number of carbonyl (C=O) groups excluding carboxylic acids is 2. The van der Waals surface area contributed by atoms with Crippen molar-refractivity contribution >= 4 is 22.7 Å². The Morgan fingerprint density at radius 1 is 1.07 bits per heavy atom. The van der Waals surface area contributed by atoms with Gasteiger partial charge >= 0.3 is 12.1 Å². The lowest BCUT2D eigenvalue weighted by Crippen LogP contribution is -2.42. The summed E-state index contributed by atoms with van der Waals surface area (Å²) in [5.74, 6) is -1.36. The number of hydrogen-bond acceptors (Lipinski definition) is 4. The lowest BCUT2D eigenvalue weighted by molar-refractivity contribution is -0.143. The van der Waals surface area contributed by atoms with E-state index in [2.05, 4.69) is 10.1 Å². The number of nitrogens with one attached hydrogen (secondary N) is 1. The van der Waals surface area contributed by atoms with Gasteiger partial charge in [0.25, 0.3) is 5.91 Å². The Bertz CT molecular complexity index is 839. The first kappa shape index (κ1) is 21.6. The van der Waals surface area contributed by atoms with Gasteiger partial charge < -0.3 is 10.1 Å². The molecule has 1 N–H and O–H groups in total. The summed E-state index contributed by atoms with van der Waals surface area (Å²) < 4.78 is 54.8. The van der Waals surface area contributed by atoms with Gasteiger partial charge in [0, 0.05) is 16.2 Å². The first-order chi connectivity index (χ1) is 13.2. The number of amides is 1. The molecule has 28 heavy (non-hydrogen) atoms. The molecule has 0 spiro atoms. The zero-order valence-corrected chi connectivity index (χ0v) is 15.7. The maximum Gasteiger partial charge on any atom is 0.416 e. The Morgan fingerprint density at radius 3 is 2.21 bits per heavy atom. The predicted molar refractivity (Wildman–Crippen MR) is 97.0 cm³/mol. The molecule has 0 aliphatic rings. The van der Waals surface area contributed by atoms with Gasteiger partial charge in [-0.1, -0.05) is 18.2 Å². The molecule has 0 unspecified atom stereocenters. The molecule has 2 aromatic carbocycles. The summed E-state index contributed by atoms with van der Waals surface area (Å²) in [5, 5.41) is 2.42. The Balaban J connectivity index is 2.04. The monoisotopic (exact) mass is 413 g/mol. The van der Waals surface area contributed by atoms with Gasteiger partial charge in [0.2, 0.25) is 0 Å². The van der Waals surface area contributed by atoms with Gasteiger partial charge in [-0.25, -0.2) is 4.79 Å². The number of carbonyl (C=O) groups is 2. The minimum atomic E-state index is -4.51. The molecule has 1 amide bonds. The van der Waals surface area contributed by atoms with E-state index in [1.165, 1.54) is 0 Å². The van der Waals surface area contributed by atoms with Crippen LogP contribution in [0.15, 0.2) is 59.5 Å². The van der Waals surface area contributed by atoms with Gasteiger partial charge in [-0.15, -0.1) is 0 Å². The summed E-state index contributed by atoms with van der Waals surface area (Å²) in [6.45, 7) is 0. The van der Waals surface area contributed by atoms with Crippen molar-refractivity contribution in [3.05, 3.63) is 65.7 Å². The molecule has 0 radical (unpaired) electrons. The van der Waals surface area contributed by atoms with Crippen LogP contribution < -0.4 is 5.32 Å². The molecule has 0 aliphatic carbocycles. The van der Waals surface area contributed by atoms with Crippen molar-refractivity contribution in [3.8, 4) is 0 Å². The average molecular weight is 413 g/mol. The zero-order chi connectivity index (χ0) is 20.7. The zero-order valence-electron chi connectivity index (χ0n) is 14.9. The Kier molecular flexibility index (Phi) is 7.33. The molecule has 0 aliphatic heterocycles. The summed E-state index contributed by atoms with van der Waals surface area (Å²) in [7, 11) is -0.232. The van der Waals surface area contributed by atoms with Crippen molar-refractivity contribution in [2.24, 2.45) is 0 Å². The van der Waals surface area contributed by atoms with Crippen molar-refractivity contribution in [1.29, 1.82) is 0 Å². The van der Waals surface area contributed by atoms with Gasteiger partial charge in [0.05, 0.1) is 23.5 Å². The lowest BCUT2D eigenvalue weighted by Gasteiger charge is -2.16. The highest BCUT2D eigenvalue weighted by Gasteiger charge is 2.30. The Hall–Kier alpha value is -2.68. The fourth-order valence-electron chi connectivity index (χ4n) is 2.36. The van der Waals surface area contributed by atoms with Crippen LogP contribution in [0.1, 0.15) is 22.3 Å². The molecular formula is C19H18F3NO4S. The molecular weight excluding hydrogens is 395 g/mol. The number of hydrogen-bond donors (Lipinski definition) is 1. The normalized spacial score (nSPS) is 13.4. The molecule has 0 aromatic heterocycles. The van der Waals surface area contributed by atoms with E-state index in [1.807, 2.05) is 0 Å². The van der Waals surface area contributed by atoms with Crippen LogP contribution in [0.4, 0.5) is 13.2 Å². The van der Waals surface area contributed by atoms with Crippen LogP contribution >= 0.6 is 0 Å². The fraction of sp³-hybridized carbons (Fsp3) is 0.263. The van der Waals surface area contributed by atoms with Gasteiger partial charge in [0.1, 0.15) is 6.04 Å². The molecule has 0 fully saturated rings. The van der Waals surface area contributed by atoms with Crippen LogP contribution in [0.3, 0.4) is 0 Å². The van der Waals surface area contributed by atoms with Gasteiger partial charge in [-0.05, 0) is 42.8 Å². The van der Waals surface area contributed by atoms with Crippen LogP contribution in [0.2, 0.25) is 0 Å². The second kappa shape index (κ2) is 9.50. The molecule has 5 nitrogen and oxygen atoms in total. The van der Waals surface area contributed by atoms with Crippen molar-refractivity contribution in [3.63, 3.8) is 0 Å². The molecule has 0 bridgehead atoms. The first-order valence-corrected chi connectivity index (χ1v) is 9.53. The number of benzene rings is 2. The van der Waals surface area contributed by atoms with E-state index in [0.29, 0.717) is 4.90 Å². The van der Waals surface area contributed by atoms with E-state index in [9.17, 15) is 27.0 Å². The van der Waals surface area contributed by atoms with Gasteiger partial charge in [0.15, 0.2) is 0 Å². The van der Waals surface area contributed by atoms with Crippen LogP contribution in [-0.2, 0) is 26.5 Å². The van der Waals surface area contributed by atoms with E-state index in [1.54, 1.807) is 30.3 Å².